The Morgan fingerprint density at radius 3 is 2.75 bits per heavy atom. The number of nitrogens with one attached hydrogen (secondary N) is 3. The lowest BCUT2D eigenvalue weighted by Crippen LogP contribution is -2.31. The third kappa shape index (κ3) is 8.85. The van der Waals surface area contributed by atoms with Crippen LogP contribution in [0.1, 0.15) is 0 Å². The first-order chi connectivity index (χ1) is 13.5. The molecule has 10 nitrogen and oxygen atoms in total. The number of rotatable bonds is 13. The Balaban J connectivity index is 0.00000352. The molecular formula is C17H26FN7O3. The predicted octanol–water partition coefficient (Wildman–Crippen LogP) is 0.684. The number of carbonyl (C=O) groups is 1. The highest BCUT2D eigenvalue weighted by molar-refractivity contribution is 5.90. The number of hydrogen-bond acceptors (Lipinski definition) is 7. The Hall–Kier alpha value is -3.34. The van der Waals surface area contributed by atoms with Gasteiger partial charge in [0.25, 0.3) is 0 Å². The highest BCUT2D eigenvalue weighted by atomic mass is 19.1. The molecule has 1 amide bonds. The zero-order valence-electron chi connectivity index (χ0n) is 15.6. The maximum absolute atomic E-state index is 14.3. The zero-order chi connectivity index (χ0) is 21.4. The van der Waals surface area contributed by atoms with E-state index in [1.165, 1.54) is 23.1 Å². The van der Waals surface area contributed by atoms with Crippen LogP contribution in [0, 0.1) is 16.1 Å². The second-order valence-electron chi connectivity index (χ2n) is 5.17. The Labute approximate surface area is 162 Å². The van der Waals surface area contributed by atoms with Crippen molar-refractivity contribution >= 4 is 30.0 Å². The number of amides is 1. The van der Waals surface area contributed by atoms with Crippen LogP contribution in [0.2, 0.25) is 0 Å². The van der Waals surface area contributed by atoms with E-state index in [4.69, 9.17) is 16.2 Å². The summed E-state index contributed by atoms with van der Waals surface area (Å²) >= 11 is 0. The number of aliphatic hydroxyl groups excluding tert-OH is 1. The van der Waals surface area contributed by atoms with Crippen molar-refractivity contribution in [1.82, 2.24) is 5.32 Å². The molecule has 1 atom stereocenters. The molecule has 0 heterocycles. The van der Waals surface area contributed by atoms with E-state index in [9.17, 15) is 14.1 Å². The van der Waals surface area contributed by atoms with Crippen molar-refractivity contribution in [3.05, 3.63) is 41.6 Å². The van der Waals surface area contributed by atoms with Crippen LogP contribution in [0.5, 0.6) is 0 Å². The molecule has 0 aliphatic carbocycles. The van der Waals surface area contributed by atoms with Gasteiger partial charge in [-0.3, -0.25) is 15.2 Å². The van der Waals surface area contributed by atoms with E-state index in [0.717, 1.165) is 13.4 Å². The average molecular weight is 395 g/mol. The number of benzene rings is 1. The largest absolute Gasteiger partial charge is 0.400 e. The third-order valence-electron chi connectivity index (χ3n) is 3.38. The fourth-order valence-electron chi connectivity index (χ4n) is 1.99. The van der Waals surface area contributed by atoms with Crippen molar-refractivity contribution in [2.24, 2.45) is 15.9 Å². The maximum atomic E-state index is 14.3. The van der Waals surface area contributed by atoms with Crippen molar-refractivity contribution in [3.8, 4) is 0 Å². The van der Waals surface area contributed by atoms with Gasteiger partial charge in [-0.05, 0) is 24.3 Å². The van der Waals surface area contributed by atoms with Crippen molar-refractivity contribution in [1.29, 1.82) is 5.41 Å². The molecule has 1 aromatic carbocycles. The second-order valence-corrected chi connectivity index (χ2v) is 5.17. The van der Waals surface area contributed by atoms with Gasteiger partial charge in [-0.1, -0.05) is 11.8 Å². The lowest BCUT2D eigenvalue weighted by molar-refractivity contribution is -0.109. The molecule has 1 unspecified atom stereocenters. The second kappa shape index (κ2) is 14.8. The number of aliphatic imine (C=N–C) groups is 1. The highest BCUT2D eigenvalue weighted by Gasteiger charge is 2.12. The van der Waals surface area contributed by atoms with Gasteiger partial charge in [0.1, 0.15) is 17.7 Å². The van der Waals surface area contributed by atoms with Crippen molar-refractivity contribution < 1.29 is 14.3 Å². The zero-order valence-corrected chi connectivity index (χ0v) is 15.6. The minimum atomic E-state index is -0.663. The third-order valence-corrected chi connectivity index (χ3v) is 3.38. The maximum Gasteiger partial charge on any atom is 0.207 e. The normalized spacial score (nSPS) is 11.3. The molecule has 1 rings (SSSR count). The van der Waals surface area contributed by atoms with Gasteiger partial charge in [0.05, 0.1) is 18.6 Å². The number of amidine groups is 1. The molecule has 11 heteroatoms. The molecule has 0 spiro atoms. The highest BCUT2D eigenvalue weighted by Crippen LogP contribution is 2.22. The van der Waals surface area contributed by atoms with Crippen molar-refractivity contribution in [2.45, 2.75) is 6.04 Å². The number of carbonyl (C=O) groups excluding carboxylic acids is 1. The molecule has 6 N–H and O–H groups in total. The van der Waals surface area contributed by atoms with Crippen LogP contribution in [0.15, 0.2) is 41.0 Å². The first-order valence-corrected chi connectivity index (χ1v) is 8.23. The van der Waals surface area contributed by atoms with Gasteiger partial charge >= 0.3 is 0 Å². The number of halogens is 1. The average Bonchev–Trinajstić information content (AvgIpc) is 2.73. The Morgan fingerprint density at radius 1 is 1.50 bits per heavy atom. The Kier molecular flexibility index (Phi) is 13.0. The molecule has 0 fully saturated rings. The van der Waals surface area contributed by atoms with Gasteiger partial charge in [0.2, 0.25) is 6.41 Å². The lowest BCUT2D eigenvalue weighted by atomic mass is 10.2. The van der Waals surface area contributed by atoms with Gasteiger partial charge in [-0.25, -0.2) is 4.39 Å². The summed E-state index contributed by atoms with van der Waals surface area (Å²) in [4.78, 5) is 26.4. The Bertz CT molecular complexity index is 670. The Morgan fingerprint density at radius 2 is 2.21 bits per heavy atom. The van der Waals surface area contributed by atoms with Crippen molar-refractivity contribution in [3.63, 3.8) is 0 Å². The van der Waals surface area contributed by atoms with Crippen molar-refractivity contribution in [2.75, 3.05) is 43.5 Å². The first-order valence-electron chi connectivity index (χ1n) is 8.23. The van der Waals surface area contributed by atoms with Gasteiger partial charge in [-0.15, -0.1) is 0 Å². The number of nitroso groups, excluding NO2 is 1. The van der Waals surface area contributed by atoms with Crippen LogP contribution >= 0.6 is 0 Å². The molecule has 0 saturated heterocycles. The standard InChI is InChI=1S/C16H22FN7O2.CH4O/c1-2-16(19)22-9-13(23-26)8-21-12-3-4-15(14(17)7-12)24(10-18)6-5-20-11-25;1-2/h2-4,7,10-11,13,18,21H,1,5-6,8-9H2,(H2,19,22)(H,20,25);2H,1H3. The minimum Gasteiger partial charge on any atom is -0.400 e. The van der Waals surface area contributed by atoms with Crippen LogP contribution in [-0.4, -0.2) is 63.0 Å². The van der Waals surface area contributed by atoms with Crippen LogP contribution in [0.25, 0.3) is 0 Å². The summed E-state index contributed by atoms with van der Waals surface area (Å²) in [7, 11) is 1.00. The van der Waals surface area contributed by atoms with E-state index in [0.29, 0.717) is 12.1 Å². The van der Waals surface area contributed by atoms with Crippen LogP contribution in [0.3, 0.4) is 0 Å². The summed E-state index contributed by atoms with van der Waals surface area (Å²) in [5.41, 5.74) is 6.13. The number of aliphatic hydroxyl groups is 1. The van der Waals surface area contributed by atoms with Gasteiger partial charge in [0, 0.05) is 32.4 Å². The number of anilines is 2. The SMILES string of the molecule is C=CC(N)=NCC(CNc1ccc(N(C=N)CCNC=O)c(F)c1)N=O.CO. The molecular weight excluding hydrogens is 369 g/mol. The van der Waals surface area contributed by atoms with Crippen LogP contribution in [-0.2, 0) is 4.79 Å². The van der Waals surface area contributed by atoms with Crippen LogP contribution < -0.4 is 21.3 Å². The van der Waals surface area contributed by atoms with E-state index in [-0.39, 0.29) is 37.7 Å². The molecule has 0 bridgehead atoms. The molecule has 0 radical (unpaired) electrons. The van der Waals surface area contributed by atoms with E-state index in [1.807, 2.05) is 0 Å². The van der Waals surface area contributed by atoms with E-state index >= 15 is 0 Å². The van der Waals surface area contributed by atoms with Gasteiger partial charge in [-0.2, -0.15) is 4.91 Å². The molecule has 1 aromatic rings. The van der Waals surface area contributed by atoms with Gasteiger partial charge in [0.15, 0.2) is 0 Å². The number of hydrogen-bond donors (Lipinski definition) is 5. The summed E-state index contributed by atoms with van der Waals surface area (Å²) in [6.07, 6.45) is 2.88. The predicted molar refractivity (Wildman–Crippen MR) is 109 cm³/mol. The summed E-state index contributed by atoms with van der Waals surface area (Å²) in [6.45, 7) is 4.25. The quantitative estimate of drug-likeness (QED) is 0.109. The topological polar surface area (TPSA) is 156 Å². The summed E-state index contributed by atoms with van der Waals surface area (Å²) in [6, 6.07) is 3.71. The van der Waals surface area contributed by atoms with Crippen LogP contribution in [0.4, 0.5) is 15.8 Å². The number of nitrogens with zero attached hydrogens (tertiary/aromatic N) is 3. The fourth-order valence-corrected chi connectivity index (χ4v) is 1.99. The van der Waals surface area contributed by atoms with E-state index < -0.39 is 11.9 Å². The summed E-state index contributed by atoms with van der Waals surface area (Å²) in [5, 5.41) is 22.7. The van der Waals surface area contributed by atoms with Gasteiger partial charge < -0.3 is 26.4 Å². The lowest BCUT2D eigenvalue weighted by Gasteiger charge is -2.20. The van der Waals surface area contributed by atoms with E-state index in [2.05, 4.69) is 27.4 Å². The monoisotopic (exact) mass is 395 g/mol. The van der Waals surface area contributed by atoms with E-state index in [1.54, 1.807) is 6.07 Å². The fraction of sp³-hybridized carbons (Fsp3) is 0.353. The molecule has 0 saturated carbocycles. The molecule has 0 aliphatic rings. The summed E-state index contributed by atoms with van der Waals surface area (Å²) in [5.74, 6) is -0.334. The number of nitrogens with two attached hydrogens (primary N) is 1. The summed E-state index contributed by atoms with van der Waals surface area (Å²) < 4.78 is 14.3. The molecule has 0 aromatic heterocycles. The minimum absolute atomic E-state index is 0.0975. The molecule has 0 aliphatic heterocycles. The molecule has 154 valence electrons. The molecule has 28 heavy (non-hydrogen) atoms. The first kappa shape index (κ1) is 24.7. The smallest absolute Gasteiger partial charge is 0.207 e.